The molecule has 0 saturated heterocycles. The van der Waals surface area contributed by atoms with Crippen LogP contribution in [0.4, 0.5) is 0 Å². The molecule has 2 aliphatic heterocycles. The molecule has 164 valence electrons. The average Bonchev–Trinajstić information content (AvgIpc) is 3.35. The van der Waals surface area contributed by atoms with Gasteiger partial charge in [0.15, 0.2) is 11.5 Å². The Labute approximate surface area is 181 Å². The predicted molar refractivity (Wildman–Crippen MR) is 114 cm³/mol. The van der Waals surface area contributed by atoms with Gasteiger partial charge in [0, 0.05) is 36.8 Å². The van der Waals surface area contributed by atoms with Crippen LogP contribution in [-0.4, -0.2) is 59.8 Å². The number of carbonyl (C=O) groups excluding carboxylic acids is 1. The summed E-state index contributed by atoms with van der Waals surface area (Å²) in [5.74, 6) is 1.16. The molecule has 8 nitrogen and oxygen atoms in total. The van der Waals surface area contributed by atoms with Crippen molar-refractivity contribution >= 4 is 5.97 Å². The van der Waals surface area contributed by atoms with Crippen molar-refractivity contribution in [2.24, 2.45) is 5.73 Å². The Morgan fingerprint density at radius 1 is 1.48 bits per heavy atom. The third-order valence-corrected chi connectivity index (χ3v) is 6.69. The molecule has 0 saturated carbocycles. The molecule has 2 aromatic rings. The first-order valence-corrected chi connectivity index (χ1v) is 10.7. The van der Waals surface area contributed by atoms with E-state index in [-0.39, 0.29) is 17.6 Å². The highest BCUT2D eigenvalue weighted by molar-refractivity contribution is 5.76. The van der Waals surface area contributed by atoms with E-state index in [4.69, 9.17) is 19.9 Å². The van der Waals surface area contributed by atoms with Crippen molar-refractivity contribution in [2.45, 2.75) is 49.5 Å². The third-order valence-electron chi connectivity index (χ3n) is 6.69. The van der Waals surface area contributed by atoms with E-state index in [1.165, 1.54) is 11.1 Å². The lowest BCUT2D eigenvalue weighted by Gasteiger charge is -2.37. The van der Waals surface area contributed by atoms with Gasteiger partial charge >= 0.3 is 5.97 Å². The number of nitrogens with one attached hydrogen (secondary N) is 1. The molecule has 1 aromatic heterocycles. The fraction of sp³-hybridized carbons (Fsp3) is 0.478. The first-order valence-electron chi connectivity index (χ1n) is 10.7. The van der Waals surface area contributed by atoms with Gasteiger partial charge in [-0.15, -0.1) is 0 Å². The summed E-state index contributed by atoms with van der Waals surface area (Å²) in [5, 5.41) is 0. The van der Waals surface area contributed by atoms with E-state index >= 15 is 0 Å². The van der Waals surface area contributed by atoms with Gasteiger partial charge in [0.1, 0.15) is 18.2 Å². The molecule has 0 radical (unpaired) electrons. The minimum atomic E-state index is -0.746. The van der Waals surface area contributed by atoms with Crippen LogP contribution in [0.1, 0.15) is 29.7 Å². The number of hydrogen-bond acceptors (Lipinski definition) is 7. The van der Waals surface area contributed by atoms with Gasteiger partial charge in [-0.05, 0) is 37.7 Å². The number of nitrogens with zero attached hydrogens (tertiary/aromatic N) is 2. The number of esters is 1. The highest BCUT2D eigenvalue weighted by Gasteiger charge is 2.53. The van der Waals surface area contributed by atoms with E-state index < -0.39 is 12.0 Å². The van der Waals surface area contributed by atoms with Crippen LogP contribution in [0, 0.1) is 0 Å². The minimum Gasteiger partial charge on any atom is -0.493 e. The topological polar surface area (TPSA) is 103 Å². The largest absolute Gasteiger partial charge is 0.493 e. The molecule has 3 aliphatic rings. The minimum absolute atomic E-state index is 0.115. The third kappa shape index (κ3) is 3.40. The summed E-state index contributed by atoms with van der Waals surface area (Å²) in [7, 11) is 3.81. The molecule has 4 atom stereocenters. The van der Waals surface area contributed by atoms with Gasteiger partial charge in [0.2, 0.25) is 0 Å². The van der Waals surface area contributed by atoms with E-state index in [0.717, 1.165) is 36.7 Å². The summed E-state index contributed by atoms with van der Waals surface area (Å²) < 4.78 is 17.8. The molecule has 1 unspecified atom stereocenters. The molecule has 5 rings (SSSR count). The number of benzene rings is 1. The van der Waals surface area contributed by atoms with Crippen molar-refractivity contribution in [1.82, 2.24) is 14.9 Å². The maximum atomic E-state index is 12.6. The van der Waals surface area contributed by atoms with Crippen molar-refractivity contribution < 1.29 is 19.0 Å². The van der Waals surface area contributed by atoms with Gasteiger partial charge in [-0.25, -0.2) is 4.98 Å². The number of nitrogens with two attached hydrogens (primary N) is 1. The Morgan fingerprint density at radius 2 is 2.35 bits per heavy atom. The second kappa shape index (κ2) is 7.69. The number of imidazole rings is 1. The molecule has 1 spiro atoms. The van der Waals surface area contributed by atoms with Crippen molar-refractivity contribution in [3.63, 3.8) is 0 Å². The second-order valence-corrected chi connectivity index (χ2v) is 8.72. The monoisotopic (exact) mass is 424 g/mol. The highest BCUT2D eigenvalue weighted by Crippen LogP contribution is 2.55. The number of aromatic nitrogens is 2. The number of ether oxygens (including phenoxy) is 3. The van der Waals surface area contributed by atoms with Crippen LogP contribution in [0.3, 0.4) is 0 Å². The highest BCUT2D eigenvalue weighted by atomic mass is 16.6. The van der Waals surface area contributed by atoms with Gasteiger partial charge in [0.05, 0.1) is 18.9 Å². The Morgan fingerprint density at radius 3 is 3.13 bits per heavy atom. The zero-order valence-corrected chi connectivity index (χ0v) is 17.8. The lowest BCUT2D eigenvalue weighted by atomic mass is 9.69. The predicted octanol–water partition coefficient (Wildman–Crippen LogP) is 1.69. The Hall–Kier alpha value is -2.84. The second-order valence-electron chi connectivity index (χ2n) is 8.72. The number of hydrogen-bond donors (Lipinski definition) is 2. The number of methoxy groups -OCH3 is 1. The molecule has 3 heterocycles. The average molecular weight is 425 g/mol. The molecule has 0 amide bonds. The summed E-state index contributed by atoms with van der Waals surface area (Å²) in [4.78, 5) is 21.8. The van der Waals surface area contributed by atoms with Crippen LogP contribution in [0.2, 0.25) is 0 Å². The quantitative estimate of drug-likeness (QED) is 0.556. The van der Waals surface area contributed by atoms with Crippen LogP contribution in [0.15, 0.2) is 36.8 Å². The zero-order chi connectivity index (χ0) is 21.6. The lowest BCUT2D eigenvalue weighted by Crippen LogP contribution is -2.45. The Bertz CT molecular complexity index is 1010. The number of H-pyrrole nitrogens is 1. The lowest BCUT2D eigenvalue weighted by molar-refractivity contribution is -0.150. The van der Waals surface area contributed by atoms with Gasteiger partial charge in [-0.2, -0.15) is 0 Å². The van der Waals surface area contributed by atoms with E-state index in [9.17, 15) is 4.79 Å². The van der Waals surface area contributed by atoms with Gasteiger partial charge in [0.25, 0.3) is 0 Å². The van der Waals surface area contributed by atoms with Gasteiger partial charge in [-0.3, -0.25) is 4.79 Å². The molecular formula is C23H28N4O4. The number of rotatable bonds is 5. The van der Waals surface area contributed by atoms with Crippen LogP contribution >= 0.6 is 0 Å². The van der Waals surface area contributed by atoms with Crippen molar-refractivity contribution in [3.8, 4) is 11.5 Å². The van der Waals surface area contributed by atoms with Crippen LogP contribution in [-0.2, 0) is 27.9 Å². The summed E-state index contributed by atoms with van der Waals surface area (Å²) in [5.41, 5.74) is 9.11. The van der Waals surface area contributed by atoms with E-state index in [1.807, 2.05) is 12.1 Å². The van der Waals surface area contributed by atoms with Crippen LogP contribution in [0.5, 0.6) is 11.5 Å². The normalized spacial score (nSPS) is 27.6. The summed E-state index contributed by atoms with van der Waals surface area (Å²) >= 11 is 0. The van der Waals surface area contributed by atoms with Gasteiger partial charge < -0.3 is 29.8 Å². The standard InChI is InChI=1S/C23H28N4O4/c1-27-8-7-23-6-5-16(30-22(28)17(24)9-15-11-25-13-26-15)10-19(23)31-21-18(29-2)4-3-14(12-27)20(21)23/h3-6,11,13,16-17,19H,7-10,12,24H2,1-2H3,(H,25,26)/t16-,17-,19-,23?/m0/s1. The van der Waals surface area contributed by atoms with Crippen LogP contribution < -0.4 is 15.2 Å². The van der Waals surface area contributed by atoms with E-state index in [2.05, 4.69) is 34.1 Å². The van der Waals surface area contributed by atoms with Gasteiger partial charge in [-0.1, -0.05) is 12.1 Å². The molecule has 0 bridgehead atoms. The first-order chi connectivity index (χ1) is 15.0. The maximum absolute atomic E-state index is 12.6. The SMILES string of the molecule is COc1ccc2c3c1O[C@H]1C[C@@H](OC(=O)[C@@H](N)Cc4cnc[nH]4)C=CC31CCN(C)C2. The molecule has 8 heteroatoms. The maximum Gasteiger partial charge on any atom is 0.323 e. The van der Waals surface area contributed by atoms with Crippen molar-refractivity contribution in [1.29, 1.82) is 0 Å². The summed E-state index contributed by atoms with van der Waals surface area (Å²) in [6.45, 7) is 1.83. The smallest absolute Gasteiger partial charge is 0.323 e. The first kappa shape index (κ1) is 20.1. The Balaban J connectivity index is 1.38. The fourth-order valence-corrected chi connectivity index (χ4v) is 5.11. The summed E-state index contributed by atoms with van der Waals surface area (Å²) in [6.07, 6.45) is 8.82. The summed E-state index contributed by atoms with van der Waals surface area (Å²) in [6, 6.07) is 3.37. The number of carbonyl (C=O) groups is 1. The Kier molecular flexibility index (Phi) is 4.98. The molecule has 1 aliphatic carbocycles. The molecule has 3 N–H and O–H groups in total. The van der Waals surface area contributed by atoms with Crippen molar-refractivity contribution in [3.05, 3.63) is 53.6 Å². The zero-order valence-electron chi connectivity index (χ0n) is 17.8. The molecule has 31 heavy (non-hydrogen) atoms. The van der Waals surface area contributed by atoms with Crippen LogP contribution in [0.25, 0.3) is 0 Å². The number of aromatic amines is 1. The van der Waals surface area contributed by atoms with E-state index in [0.29, 0.717) is 12.8 Å². The molecule has 1 aromatic carbocycles. The van der Waals surface area contributed by atoms with Crippen molar-refractivity contribution in [2.75, 3.05) is 20.7 Å². The molecular weight excluding hydrogens is 396 g/mol. The van der Waals surface area contributed by atoms with E-state index in [1.54, 1.807) is 19.6 Å². The fourth-order valence-electron chi connectivity index (χ4n) is 5.11. The molecule has 0 fully saturated rings.